The van der Waals surface area contributed by atoms with E-state index in [1.807, 2.05) is 6.92 Å². The first-order valence-electron chi connectivity index (χ1n) is 9.22. The summed E-state index contributed by atoms with van der Waals surface area (Å²) in [6.07, 6.45) is -4.98. The first-order valence-corrected chi connectivity index (χ1v) is 10.1. The average Bonchev–Trinajstić information content (AvgIpc) is 3.20. The van der Waals surface area contributed by atoms with E-state index >= 15 is 0 Å². The second kappa shape index (κ2) is 11.0. The molecule has 7 nitrogen and oxygen atoms in total. The highest BCUT2D eigenvalue weighted by Gasteiger charge is 2.33. The number of methoxy groups -OCH3 is 2. The van der Waals surface area contributed by atoms with Gasteiger partial charge in [0, 0.05) is 24.9 Å². The standard InChI is InChI=1S/C19H25F3N4O3S/c1-4-23-18(24-8-7-17-26-16(11-30-17)19(20,21)22)25-10-13(27)12-5-6-14(28-2)15(9-12)29-3/h5-6,9,11,13,27H,4,7-8,10H2,1-3H3,(H2,23,24,25). The number of nitrogens with one attached hydrogen (secondary N) is 2. The van der Waals surface area contributed by atoms with Crippen molar-refractivity contribution in [3.8, 4) is 11.5 Å². The Morgan fingerprint density at radius 3 is 2.57 bits per heavy atom. The number of hydrogen-bond donors (Lipinski definition) is 3. The molecular weight excluding hydrogens is 421 g/mol. The van der Waals surface area contributed by atoms with Gasteiger partial charge in [0.1, 0.15) is 0 Å². The Bertz CT molecular complexity index is 843. The Hall–Kier alpha value is -2.53. The zero-order valence-electron chi connectivity index (χ0n) is 16.9. The monoisotopic (exact) mass is 446 g/mol. The molecule has 0 radical (unpaired) electrons. The summed E-state index contributed by atoms with van der Waals surface area (Å²) in [6, 6.07) is 5.11. The minimum atomic E-state index is -4.43. The molecular formula is C19H25F3N4O3S. The van der Waals surface area contributed by atoms with Crippen LogP contribution in [0.4, 0.5) is 13.2 Å². The smallest absolute Gasteiger partial charge is 0.434 e. The van der Waals surface area contributed by atoms with Crippen LogP contribution in [0, 0.1) is 0 Å². The maximum absolute atomic E-state index is 12.6. The van der Waals surface area contributed by atoms with E-state index in [1.165, 1.54) is 14.2 Å². The van der Waals surface area contributed by atoms with Crippen LogP contribution in [0.2, 0.25) is 0 Å². The van der Waals surface area contributed by atoms with Crippen LogP contribution in [0.25, 0.3) is 0 Å². The number of halogens is 3. The number of alkyl halides is 3. The molecule has 0 fully saturated rings. The summed E-state index contributed by atoms with van der Waals surface area (Å²) in [5.41, 5.74) is -0.254. The predicted molar refractivity (Wildman–Crippen MR) is 109 cm³/mol. The fraction of sp³-hybridized carbons (Fsp3) is 0.474. The number of ether oxygens (including phenoxy) is 2. The lowest BCUT2D eigenvalue weighted by molar-refractivity contribution is -0.140. The average molecular weight is 446 g/mol. The number of hydrogen-bond acceptors (Lipinski definition) is 6. The third kappa shape index (κ3) is 6.77. The number of thiazole rings is 1. The summed E-state index contributed by atoms with van der Waals surface area (Å²) < 4.78 is 48.3. The third-order valence-electron chi connectivity index (χ3n) is 4.03. The molecule has 1 aromatic carbocycles. The Kier molecular flexibility index (Phi) is 8.72. The van der Waals surface area contributed by atoms with Gasteiger partial charge >= 0.3 is 6.18 Å². The van der Waals surface area contributed by atoms with Gasteiger partial charge in [-0.3, -0.25) is 4.99 Å². The first kappa shape index (κ1) is 23.7. The van der Waals surface area contributed by atoms with Gasteiger partial charge in [-0.05, 0) is 24.6 Å². The first-order chi connectivity index (χ1) is 14.3. The highest BCUT2D eigenvalue weighted by atomic mass is 32.1. The molecule has 166 valence electrons. The van der Waals surface area contributed by atoms with Crippen molar-refractivity contribution in [2.45, 2.75) is 25.6 Å². The molecule has 1 aromatic heterocycles. The molecule has 3 N–H and O–H groups in total. The molecule has 2 rings (SSSR count). The number of aliphatic imine (C=N–C) groups is 1. The molecule has 11 heteroatoms. The van der Waals surface area contributed by atoms with Crippen LogP contribution in [-0.4, -0.2) is 49.9 Å². The van der Waals surface area contributed by atoms with Crippen molar-refractivity contribution in [1.82, 2.24) is 15.6 Å². The zero-order valence-corrected chi connectivity index (χ0v) is 17.7. The molecule has 1 unspecified atom stereocenters. The molecule has 0 aliphatic rings. The number of guanidine groups is 1. The quantitative estimate of drug-likeness (QED) is 0.406. The van der Waals surface area contributed by atoms with E-state index in [1.54, 1.807) is 18.2 Å². The summed E-state index contributed by atoms with van der Waals surface area (Å²) >= 11 is 0.970. The summed E-state index contributed by atoms with van der Waals surface area (Å²) in [5, 5.41) is 17.9. The molecule has 0 spiro atoms. The summed E-state index contributed by atoms with van der Waals surface area (Å²) in [5.74, 6) is 1.51. The molecule has 0 bridgehead atoms. The van der Waals surface area contributed by atoms with Crippen molar-refractivity contribution >= 4 is 17.3 Å². The van der Waals surface area contributed by atoms with Gasteiger partial charge in [0.05, 0.1) is 31.9 Å². The predicted octanol–water partition coefficient (Wildman–Crippen LogP) is 3.01. The highest BCUT2D eigenvalue weighted by molar-refractivity contribution is 7.09. The third-order valence-corrected chi connectivity index (χ3v) is 4.94. The van der Waals surface area contributed by atoms with Crippen LogP contribution in [0.1, 0.15) is 29.3 Å². The van der Waals surface area contributed by atoms with Crippen LogP contribution in [0.15, 0.2) is 28.6 Å². The maximum atomic E-state index is 12.6. The number of nitrogens with zero attached hydrogens (tertiary/aromatic N) is 2. The fourth-order valence-corrected chi connectivity index (χ4v) is 3.33. The van der Waals surface area contributed by atoms with Gasteiger partial charge in [-0.2, -0.15) is 13.2 Å². The van der Waals surface area contributed by atoms with Crippen LogP contribution in [0.3, 0.4) is 0 Å². The van der Waals surface area contributed by atoms with Crippen LogP contribution >= 0.6 is 11.3 Å². The van der Waals surface area contributed by atoms with Crippen molar-refractivity contribution in [2.75, 3.05) is 33.9 Å². The second-order valence-electron chi connectivity index (χ2n) is 6.15. The molecule has 1 atom stereocenters. The van der Waals surface area contributed by atoms with Crippen LogP contribution < -0.4 is 20.1 Å². The molecule has 0 aliphatic carbocycles. The summed E-state index contributed by atoms with van der Waals surface area (Å²) in [6.45, 7) is 2.91. The highest BCUT2D eigenvalue weighted by Crippen LogP contribution is 2.31. The number of aliphatic hydroxyl groups excluding tert-OH is 1. The van der Waals surface area contributed by atoms with Crippen molar-refractivity contribution in [2.24, 2.45) is 4.99 Å². The van der Waals surface area contributed by atoms with E-state index in [9.17, 15) is 18.3 Å². The normalized spacial score (nSPS) is 13.1. The molecule has 1 heterocycles. The van der Waals surface area contributed by atoms with Crippen molar-refractivity contribution in [3.05, 3.63) is 39.8 Å². The largest absolute Gasteiger partial charge is 0.493 e. The van der Waals surface area contributed by atoms with E-state index in [0.717, 1.165) is 16.7 Å². The van der Waals surface area contributed by atoms with E-state index < -0.39 is 18.0 Å². The van der Waals surface area contributed by atoms with Crippen LogP contribution in [-0.2, 0) is 12.6 Å². The lowest BCUT2D eigenvalue weighted by atomic mass is 10.1. The van der Waals surface area contributed by atoms with Gasteiger partial charge in [-0.1, -0.05) is 6.07 Å². The van der Waals surface area contributed by atoms with Gasteiger partial charge in [-0.15, -0.1) is 11.3 Å². The lowest BCUT2D eigenvalue weighted by Crippen LogP contribution is -2.38. The summed E-state index contributed by atoms with van der Waals surface area (Å²) in [7, 11) is 3.04. The SMILES string of the molecule is CCNC(=NCC(O)c1ccc(OC)c(OC)c1)NCCc1nc(C(F)(F)F)cs1. The Labute approximate surface area is 177 Å². The van der Waals surface area contributed by atoms with Gasteiger partial charge in [0.25, 0.3) is 0 Å². The van der Waals surface area contributed by atoms with Crippen molar-refractivity contribution < 1.29 is 27.8 Å². The van der Waals surface area contributed by atoms with Crippen LogP contribution in [0.5, 0.6) is 11.5 Å². The molecule has 0 amide bonds. The number of rotatable bonds is 9. The van der Waals surface area contributed by atoms with Crippen molar-refractivity contribution in [1.29, 1.82) is 0 Å². The van der Waals surface area contributed by atoms with E-state index in [2.05, 4.69) is 20.6 Å². The number of benzene rings is 1. The lowest BCUT2D eigenvalue weighted by Gasteiger charge is -2.14. The van der Waals surface area contributed by atoms with Crippen molar-refractivity contribution in [3.63, 3.8) is 0 Å². The van der Waals surface area contributed by atoms with Gasteiger partial charge in [0.15, 0.2) is 23.2 Å². The maximum Gasteiger partial charge on any atom is 0.434 e. The Morgan fingerprint density at radius 2 is 1.97 bits per heavy atom. The molecule has 0 saturated carbocycles. The number of aromatic nitrogens is 1. The minimum Gasteiger partial charge on any atom is -0.493 e. The zero-order chi connectivity index (χ0) is 22.1. The van der Waals surface area contributed by atoms with Gasteiger partial charge in [-0.25, -0.2) is 4.98 Å². The van der Waals surface area contributed by atoms with E-state index in [4.69, 9.17) is 9.47 Å². The minimum absolute atomic E-state index is 0.0836. The molecule has 2 aromatic rings. The second-order valence-corrected chi connectivity index (χ2v) is 7.09. The summed E-state index contributed by atoms with van der Waals surface area (Å²) in [4.78, 5) is 7.94. The molecule has 0 saturated heterocycles. The van der Waals surface area contributed by atoms with Gasteiger partial charge < -0.3 is 25.2 Å². The fourth-order valence-electron chi connectivity index (χ4n) is 2.53. The molecule has 0 aliphatic heterocycles. The van der Waals surface area contributed by atoms with E-state index in [0.29, 0.717) is 47.5 Å². The number of aliphatic hydroxyl groups is 1. The van der Waals surface area contributed by atoms with Gasteiger partial charge in [0.2, 0.25) is 0 Å². The Morgan fingerprint density at radius 1 is 1.23 bits per heavy atom. The van der Waals surface area contributed by atoms with E-state index in [-0.39, 0.29) is 6.54 Å². The Balaban J connectivity index is 1.94. The molecule has 30 heavy (non-hydrogen) atoms. The topological polar surface area (TPSA) is 88.0 Å².